The molecule has 1 aliphatic rings. The molecule has 1 aromatic rings. The van der Waals surface area contributed by atoms with Gasteiger partial charge < -0.3 is 16.2 Å². The van der Waals surface area contributed by atoms with Gasteiger partial charge in [0.2, 0.25) is 0 Å². The second-order valence-electron chi connectivity index (χ2n) is 5.96. The molecular formula is C16H24N2O2. The van der Waals surface area contributed by atoms with E-state index in [2.05, 4.69) is 12.2 Å². The minimum atomic E-state index is -0.918. The monoisotopic (exact) mass is 276 g/mol. The first-order valence-corrected chi connectivity index (χ1v) is 7.43. The number of hydrogen-bond acceptors (Lipinski definition) is 3. The van der Waals surface area contributed by atoms with Gasteiger partial charge in [-0.1, -0.05) is 26.2 Å². The summed E-state index contributed by atoms with van der Waals surface area (Å²) in [5.41, 5.74) is 7.23. The van der Waals surface area contributed by atoms with Gasteiger partial charge in [0, 0.05) is 12.2 Å². The molecule has 4 nitrogen and oxygen atoms in total. The van der Waals surface area contributed by atoms with E-state index >= 15 is 0 Å². The minimum Gasteiger partial charge on any atom is -0.478 e. The lowest BCUT2D eigenvalue weighted by molar-refractivity contribution is 0.0698. The van der Waals surface area contributed by atoms with E-state index in [0.29, 0.717) is 11.4 Å². The van der Waals surface area contributed by atoms with Gasteiger partial charge in [0.15, 0.2) is 0 Å². The van der Waals surface area contributed by atoms with Crippen LogP contribution in [0.4, 0.5) is 11.4 Å². The van der Waals surface area contributed by atoms with Crippen LogP contribution in [-0.4, -0.2) is 17.6 Å². The van der Waals surface area contributed by atoms with Crippen LogP contribution in [0.3, 0.4) is 0 Å². The highest BCUT2D eigenvalue weighted by Gasteiger charge is 2.18. The molecule has 2 atom stereocenters. The Bertz CT molecular complexity index is 474. The molecule has 0 amide bonds. The fraction of sp³-hybridized carbons (Fsp3) is 0.562. The number of hydrogen-bond donors (Lipinski definition) is 3. The molecule has 20 heavy (non-hydrogen) atoms. The number of anilines is 2. The molecule has 0 aromatic heterocycles. The van der Waals surface area contributed by atoms with Crippen molar-refractivity contribution >= 4 is 17.3 Å². The van der Waals surface area contributed by atoms with Crippen LogP contribution < -0.4 is 11.1 Å². The van der Waals surface area contributed by atoms with E-state index in [1.807, 2.05) is 0 Å². The van der Waals surface area contributed by atoms with Crippen molar-refractivity contribution in [3.63, 3.8) is 0 Å². The Morgan fingerprint density at radius 2 is 2.25 bits per heavy atom. The molecule has 1 aliphatic carbocycles. The van der Waals surface area contributed by atoms with E-state index in [9.17, 15) is 4.79 Å². The Labute approximate surface area is 120 Å². The van der Waals surface area contributed by atoms with Crippen molar-refractivity contribution in [2.24, 2.45) is 11.8 Å². The molecule has 1 fully saturated rings. The number of carboxylic acid groups (broad SMARTS) is 1. The number of rotatable bonds is 5. The van der Waals surface area contributed by atoms with Gasteiger partial charge in [0.05, 0.1) is 11.3 Å². The Balaban J connectivity index is 1.90. The molecule has 110 valence electrons. The van der Waals surface area contributed by atoms with E-state index in [1.54, 1.807) is 18.2 Å². The van der Waals surface area contributed by atoms with Crippen LogP contribution in [0.15, 0.2) is 18.2 Å². The first-order chi connectivity index (χ1) is 9.56. The Hall–Kier alpha value is -1.71. The fourth-order valence-corrected chi connectivity index (χ4v) is 3.13. The number of carboxylic acids is 1. The van der Waals surface area contributed by atoms with Crippen molar-refractivity contribution in [2.45, 2.75) is 39.0 Å². The van der Waals surface area contributed by atoms with Crippen LogP contribution in [0.5, 0.6) is 0 Å². The highest BCUT2D eigenvalue weighted by Crippen LogP contribution is 2.30. The normalized spacial score (nSPS) is 22.4. The van der Waals surface area contributed by atoms with Gasteiger partial charge in [-0.05, 0) is 42.9 Å². The van der Waals surface area contributed by atoms with E-state index in [4.69, 9.17) is 10.8 Å². The summed E-state index contributed by atoms with van der Waals surface area (Å²) in [6.45, 7) is 3.13. The predicted molar refractivity (Wildman–Crippen MR) is 82.0 cm³/mol. The topological polar surface area (TPSA) is 75.3 Å². The smallest absolute Gasteiger partial charge is 0.337 e. The average Bonchev–Trinajstić information content (AvgIpc) is 2.38. The van der Waals surface area contributed by atoms with Crippen molar-refractivity contribution in [1.82, 2.24) is 0 Å². The average molecular weight is 276 g/mol. The zero-order valence-electron chi connectivity index (χ0n) is 12.1. The summed E-state index contributed by atoms with van der Waals surface area (Å²) in [6.07, 6.45) is 6.37. The summed E-state index contributed by atoms with van der Waals surface area (Å²) >= 11 is 0. The third-order valence-corrected chi connectivity index (χ3v) is 4.19. The van der Waals surface area contributed by atoms with E-state index < -0.39 is 5.97 Å². The van der Waals surface area contributed by atoms with E-state index in [-0.39, 0.29) is 5.56 Å². The summed E-state index contributed by atoms with van der Waals surface area (Å²) in [5, 5.41) is 12.4. The Morgan fingerprint density at radius 1 is 1.45 bits per heavy atom. The van der Waals surface area contributed by atoms with Crippen LogP contribution in [0.25, 0.3) is 0 Å². The van der Waals surface area contributed by atoms with Crippen molar-refractivity contribution < 1.29 is 9.90 Å². The lowest BCUT2D eigenvalue weighted by Crippen LogP contribution is -2.17. The molecule has 4 N–H and O–H groups in total. The first-order valence-electron chi connectivity index (χ1n) is 7.43. The van der Waals surface area contributed by atoms with E-state index in [0.717, 1.165) is 24.8 Å². The predicted octanol–water partition coefficient (Wildman–Crippen LogP) is 3.60. The van der Waals surface area contributed by atoms with Gasteiger partial charge >= 0.3 is 5.97 Å². The number of aromatic carboxylic acids is 1. The highest BCUT2D eigenvalue weighted by molar-refractivity contribution is 5.95. The third-order valence-electron chi connectivity index (χ3n) is 4.19. The SMILES string of the molecule is CC1CCCC(CCNc2cc(N)ccc2C(=O)O)C1. The summed E-state index contributed by atoms with van der Waals surface area (Å²) < 4.78 is 0. The zero-order valence-corrected chi connectivity index (χ0v) is 12.1. The standard InChI is InChI=1S/C16H24N2O2/c1-11-3-2-4-12(9-11)7-8-18-15-10-13(17)5-6-14(15)16(19)20/h5-6,10-12,18H,2-4,7-9,17H2,1H3,(H,19,20). The maximum atomic E-state index is 11.2. The van der Waals surface area contributed by atoms with Crippen LogP contribution in [0.2, 0.25) is 0 Å². The number of nitrogens with one attached hydrogen (secondary N) is 1. The molecule has 0 saturated heterocycles. The quantitative estimate of drug-likeness (QED) is 0.718. The number of carbonyl (C=O) groups is 1. The van der Waals surface area contributed by atoms with Crippen LogP contribution in [0.1, 0.15) is 49.4 Å². The fourth-order valence-electron chi connectivity index (χ4n) is 3.13. The summed E-state index contributed by atoms with van der Waals surface area (Å²) in [5.74, 6) is 0.676. The van der Waals surface area contributed by atoms with Crippen LogP contribution in [0, 0.1) is 11.8 Å². The van der Waals surface area contributed by atoms with Crippen LogP contribution in [-0.2, 0) is 0 Å². The largest absolute Gasteiger partial charge is 0.478 e. The molecular weight excluding hydrogens is 252 g/mol. The molecule has 0 bridgehead atoms. The van der Waals surface area contributed by atoms with Gasteiger partial charge in [-0.15, -0.1) is 0 Å². The molecule has 0 heterocycles. The lowest BCUT2D eigenvalue weighted by atomic mass is 9.81. The molecule has 0 aliphatic heterocycles. The third kappa shape index (κ3) is 3.89. The minimum absolute atomic E-state index is 0.288. The van der Waals surface area contributed by atoms with Gasteiger partial charge in [0.25, 0.3) is 0 Å². The first kappa shape index (κ1) is 14.7. The summed E-state index contributed by atoms with van der Waals surface area (Å²) in [6, 6.07) is 4.88. The van der Waals surface area contributed by atoms with Gasteiger partial charge in [-0.25, -0.2) is 4.79 Å². The number of benzene rings is 1. The highest BCUT2D eigenvalue weighted by atomic mass is 16.4. The van der Waals surface area contributed by atoms with E-state index in [1.165, 1.54) is 25.7 Å². The molecule has 0 spiro atoms. The number of nitrogen functional groups attached to an aromatic ring is 1. The van der Waals surface area contributed by atoms with Gasteiger partial charge in [-0.3, -0.25) is 0 Å². The Kier molecular flexibility index (Phi) is 4.88. The maximum absolute atomic E-state index is 11.2. The van der Waals surface area contributed by atoms with Crippen LogP contribution >= 0.6 is 0 Å². The molecule has 1 saturated carbocycles. The van der Waals surface area contributed by atoms with Crippen molar-refractivity contribution in [2.75, 3.05) is 17.6 Å². The number of nitrogens with two attached hydrogens (primary N) is 1. The molecule has 2 unspecified atom stereocenters. The lowest BCUT2D eigenvalue weighted by Gasteiger charge is -2.26. The van der Waals surface area contributed by atoms with Gasteiger partial charge in [0.1, 0.15) is 0 Å². The van der Waals surface area contributed by atoms with Gasteiger partial charge in [-0.2, -0.15) is 0 Å². The summed E-state index contributed by atoms with van der Waals surface area (Å²) in [7, 11) is 0. The second-order valence-corrected chi connectivity index (χ2v) is 5.96. The Morgan fingerprint density at radius 3 is 2.95 bits per heavy atom. The van der Waals surface area contributed by atoms with Crippen molar-refractivity contribution in [3.8, 4) is 0 Å². The van der Waals surface area contributed by atoms with Crippen molar-refractivity contribution in [3.05, 3.63) is 23.8 Å². The maximum Gasteiger partial charge on any atom is 0.337 e. The molecule has 4 heteroatoms. The molecule has 0 radical (unpaired) electrons. The molecule has 2 rings (SSSR count). The molecule has 1 aromatic carbocycles. The second kappa shape index (κ2) is 6.64. The van der Waals surface area contributed by atoms with Crippen molar-refractivity contribution in [1.29, 1.82) is 0 Å². The zero-order chi connectivity index (χ0) is 14.5. The summed E-state index contributed by atoms with van der Waals surface area (Å²) in [4.78, 5) is 11.2.